The molecule has 1 N–H and O–H groups in total. The molecule has 1 fully saturated rings. The first kappa shape index (κ1) is 17.0. The van der Waals surface area contributed by atoms with Gasteiger partial charge < -0.3 is 19.9 Å². The van der Waals surface area contributed by atoms with Crippen LogP contribution in [-0.4, -0.2) is 62.4 Å². The van der Waals surface area contributed by atoms with Crippen LogP contribution in [0.3, 0.4) is 0 Å². The fourth-order valence-electron chi connectivity index (χ4n) is 2.78. The van der Waals surface area contributed by atoms with Gasteiger partial charge in [-0.3, -0.25) is 0 Å². The number of carbonyl (C=O) groups is 1. The number of hydrogen-bond donors (Lipinski definition) is 1. The Bertz CT molecular complexity index is 695. The lowest BCUT2D eigenvalue weighted by Gasteiger charge is -2.34. The minimum atomic E-state index is -0.0106. The number of thiazole rings is 1. The van der Waals surface area contributed by atoms with Gasteiger partial charge in [-0.25, -0.2) is 9.78 Å². The molecular formula is C17H24N4O2S. The predicted molar refractivity (Wildman–Crippen MR) is 98.1 cm³/mol. The summed E-state index contributed by atoms with van der Waals surface area (Å²) < 4.78 is 6.19. The van der Waals surface area contributed by atoms with E-state index in [0.717, 1.165) is 43.2 Å². The van der Waals surface area contributed by atoms with E-state index in [0.29, 0.717) is 13.2 Å². The molecule has 2 amide bonds. The standard InChI is InChI=1S/C17H24N4O2S/c1-3-13-4-5-14-15(12-13)24-17(19-14)21-9-7-20(8-10-21)16(22)18-6-11-23-2/h4-5,12H,3,6-11H2,1-2H3,(H,18,22). The van der Waals surface area contributed by atoms with E-state index in [1.165, 1.54) is 10.3 Å². The zero-order valence-corrected chi connectivity index (χ0v) is 15.1. The summed E-state index contributed by atoms with van der Waals surface area (Å²) in [7, 11) is 1.63. The highest BCUT2D eigenvalue weighted by atomic mass is 32.1. The molecule has 2 aromatic rings. The van der Waals surface area contributed by atoms with Crippen molar-refractivity contribution >= 4 is 32.7 Å². The molecule has 0 bridgehead atoms. The van der Waals surface area contributed by atoms with Gasteiger partial charge in [-0.15, -0.1) is 0 Å². The zero-order chi connectivity index (χ0) is 16.9. The largest absolute Gasteiger partial charge is 0.383 e. The van der Waals surface area contributed by atoms with E-state index in [-0.39, 0.29) is 6.03 Å². The second-order valence-corrected chi connectivity index (χ2v) is 6.86. The van der Waals surface area contributed by atoms with Gasteiger partial charge in [0.1, 0.15) is 0 Å². The number of urea groups is 1. The number of fused-ring (bicyclic) bond motifs is 1. The van der Waals surface area contributed by atoms with Crippen LogP contribution in [0, 0.1) is 0 Å². The predicted octanol–water partition coefficient (Wildman–Crippen LogP) is 2.34. The molecule has 3 rings (SSSR count). The second-order valence-electron chi connectivity index (χ2n) is 5.85. The van der Waals surface area contributed by atoms with E-state index in [4.69, 9.17) is 9.72 Å². The smallest absolute Gasteiger partial charge is 0.317 e. The SMILES string of the molecule is CCc1ccc2nc(N3CCN(C(=O)NCCOC)CC3)sc2c1. The fourth-order valence-corrected chi connectivity index (χ4v) is 3.87. The average molecular weight is 348 g/mol. The monoisotopic (exact) mass is 348 g/mol. The number of carbonyl (C=O) groups excluding carboxylic acids is 1. The number of nitrogens with zero attached hydrogens (tertiary/aromatic N) is 3. The number of piperazine rings is 1. The van der Waals surface area contributed by atoms with Crippen molar-refractivity contribution in [3.05, 3.63) is 23.8 Å². The average Bonchev–Trinajstić information content (AvgIpc) is 3.05. The first-order valence-corrected chi connectivity index (χ1v) is 9.19. The number of benzene rings is 1. The van der Waals surface area contributed by atoms with Crippen LogP contribution in [0.1, 0.15) is 12.5 Å². The molecule has 1 aliphatic heterocycles. The lowest BCUT2D eigenvalue weighted by atomic mass is 10.2. The Kier molecular flexibility index (Phi) is 5.52. The number of ether oxygens (including phenoxy) is 1. The van der Waals surface area contributed by atoms with Gasteiger partial charge in [0.15, 0.2) is 5.13 Å². The highest BCUT2D eigenvalue weighted by Crippen LogP contribution is 2.30. The summed E-state index contributed by atoms with van der Waals surface area (Å²) in [4.78, 5) is 20.9. The van der Waals surface area contributed by atoms with Crippen LogP contribution < -0.4 is 10.2 Å². The third kappa shape index (κ3) is 3.79. The molecule has 0 spiro atoms. The van der Waals surface area contributed by atoms with Gasteiger partial charge in [0.25, 0.3) is 0 Å². The summed E-state index contributed by atoms with van der Waals surface area (Å²) in [6, 6.07) is 6.47. The van der Waals surface area contributed by atoms with Crippen molar-refractivity contribution in [3.8, 4) is 0 Å². The van der Waals surface area contributed by atoms with Crippen LogP contribution in [0.25, 0.3) is 10.2 Å². The lowest BCUT2D eigenvalue weighted by Crippen LogP contribution is -2.52. The summed E-state index contributed by atoms with van der Waals surface area (Å²) in [5.74, 6) is 0. The van der Waals surface area contributed by atoms with E-state index < -0.39 is 0 Å². The van der Waals surface area contributed by atoms with Gasteiger partial charge in [-0.1, -0.05) is 24.3 Å². The number of anilines is 1. The number of methoxy groups -OCH3 is 1. The molecule has 1 saturated heterocycles. The molecule has 1 aromatic heterocycles. The van der Waals surface area contributed by atoms with Crippen LogP contribution in [0.4, 0.5) is 9.93 Å². The Balaban J connectivity index is 1.59. The third-order valence-corrected chi connectivity index (χ3v) is 5.35. The number of nitrogens with one attached hydrogen (secondary N) is 1. The minimum Gasteiger partial charge on any atom is -0.383 e. The number of amides is 2. The van der Waals surface area contributed by atoms with Crippen molar-refractivity contribution in [2.45, 2.75) is 13.3 Å². The van der Waals surface area contributed by atoms with Crippen molar-refractivity contribution in [2.24, 2.45) is 0 Å². The van der Waals surface area contributed by atoms with Crippen molar-refractivity contribution < 1.29 is 9.53 Å². The number of rotatable bonds is 5. The molecule has 1 aliphatic rings. The van der Waals surface area contributed by atoms with Gasteiger partial charge in [0.05, 0.1) is 16.8 Å². The third-order valence-electron chi connectivity index (χ3n) is 4.27. The fraction of sp³-hybridized carbons (Fsp3) is 0.529. The van der Waals surface area contributed by atoms with Crippen molar-refractivity contribution in [2.75, 3.05) is 51.3 Å². The van der Waals surface area contributed by atoms with E-state index in [1.807, 2.05) is 4.90 Å². The Morgan fingerprint density at radius 1 is 1.33 bits per heavy atom. The van der Waals surface area contributed by atoms with Gasteiger partial charge in [-0.2, -0.15) is 0 Å². The molecule has 0 radical (unpaired) electrons. The Morgan fingerprint density at radius 2 is 2.12 bits per heavy atom. The summed E-state index contributed by atoms with van der Waals surface area (Å²) in [5.41, 5.74) is 2.40. The van der Waals surface area contributed by atoms with Gasteiger partial charge in [-0.05, 0) is 24.1 Å². The number of hydrogen-bond acceptors (Lipinski definition) is 5. The van der Waals surface area contributed by atoms with Crippen molar-refractivity contribution in [1.29, 1.82) is 0 Å². The molecule has 2 heterocycles. The highest BCUT2D eigenvalue weighted by molar-refractivity contribution is 7.22. The number of aryl methyl sites for hydroxylation is 1. The molecule has 24 heavy (non-hydrogen) atoms. The first-order valence-electron chi connectivity index (χ1n) is 8.37. The van der Waals surface area contributed by atoms with Crippen LogP contribution in [0.15, 0.2) is 18.2 Å². The maximum absolute atomic E-state index is 12.1. The summed E-state index contributed by atoms with van der Waals surface area (Å²) in [6.45, 7) is 6.32. The van der Waals surface area contributed by atoms with Gasteiger partial charge >= 0.3 is 6.03 Å². The molecule has 0 unspecified atom stereocenters. The van der Waals surface area contributed by atoms with Crippen molar-refractivity contribution in [1.82, 2.24) is 15.2 Å². The first-order chi connectivity index (χ1) is 11.7. The Hall–Kier alpha value is -1.86. The van der Waals surface area contributed by atoms with Crippen LogP contribution in [-0.2, 0) is 11.2 Å². The Labute approximate surface area is 146 Å². The number of aromatic nitrogens is 1. The highest BCUT2D eigenvalue weighted by Gasteiger charge is 2.22. The van der Waals surface area contributed by atoms with Crippen LogP contribution in [0.5, 0.6) is 0 Å². The van der Waals surface area contributed by atoms with E-state index in [9.17, 15) is 4.79 Å². The molecule has 1 aromatic carbocycles. The van der Waals surface area contributed by atoms with Gasteiger partial charge in [0, 0.05) is 39.8 Å². The summed E-state index contributed by atoms with van der Waals surface area (Å²) >= 11 is 1.74. The van der Waals surface area contributed by atoms with E-state index in [2.05, 4.69) is 35.3 Å². The zero-order valence-electron chi connectivity index (χ0n) is 14.2. The molecular weight excluding hydrogens is 324 g/mol. The Morgan fingerprint density at radius 3 is 2.83 bits per heavy atom. The maximum atomic E-state index is 12.1. The van der Waals surface area contributed by atoms with Crippen LogP contribution in [0.2, 0.25) is 0 Å². The lowest BCUT2D eigenvalue weighted by molar-refractivity contribution is 0.177. The van der Waals surface area contributed by atoms with E-state index >= 15 is 0 Å². The van der Waals surface area contributed by atoms with Gasteiger partial charge in [0.2, 0.25) is 0 Å². The summed E-state index contributed by atoms with van der Waals surface area (Å²) in [5, 5.41) is 3.93. The summed E-state index contributed by atoms with van der Waals surface area (Å²) in [6.07, 6.45) is 1.04. The minimum absolute atomic E-state index is 0.0106. The molecule has 7 heteroatoms. The molecule has 0 aliphatic carbocycles. The quantitative estimate of drug-likeness (QED) is 0.843. The topological polar surface area (TPSA) is 57.7 Å². The molecule has 6 nitrogen and oxygen atoms in total. The molecule has 0 saturated carbocycles. The molecule has 130 valence electrons. The van der Waals surface area contributed by atoms with E-state index in [1.54, 1.807) is 18.4 Å². The maximum Gasteiger partial charge on any atom is 0.317 e. The second kappa shape index (κ2) is 7.81. The molecule has 0 atom stereocenters. The normalized spacial score (nSPS) is 15.1. The van der Waals surface area contributed by atoms with Crippen LogP contribution >= 0.6 is 11.3 Å². The van der Waals surface area contributed by atoms with Crippen molar-refractivity contribution in [3.63, 3.8) is 0 Å².